The molecule has 28 heavy (non-hydrogen) atoms. The predicted molar refractivity (Wildman–Crippen MR) is 109 cm³/mol. The summed E-state index contributed by atoms with van der Waals surface area (Å²) in [4.78, 5) is 21.8. The molecular weight excluding hydrogens is 402 g/mol. The summed E-state index contributed by atoms with van der Waals surface area (Å²) in [6.07, 6.45) is 0.977. The zero-order chi connectivity index (χ0) is 19.0. The summed E-state index contributed by atoms with van der Waals surface area (Å²) in [5, 5.41) is 3.35. The van der Waals surface area contributed by atoms with E-state index in [0.29, 0.717) is 11.6 Å². The number of hydrogen-bond donors (Lipinski definition) is 2. The number of likely N-dealkylation sites (tertiary alicyclic amines) is 1. The maximum Gasteiger partial charge on any atom is 0.263 e. The maximum atomic E-state index is 12.8. The average Bonchev–Trinajstić information content (AvgIpc) is 3.26. The first-order chi connectivity index (χ1) is 13.0. The van der Waals surface area contributed by atoms with Crippen LogP contribution < -0.4 is 10.0 Å². The molecule has 2 saturated heterocycles. The summed E-state index contributed by atoms with van der Waals surface area (Å²) in [5.74, 6) is 0.202. The molecule has 2 atom stereocenters. The third-order valence-electron chi connectivity index (χ3n) is 5.49. The van der Waals surface area contributed by atoms with Crippen molar-refractivity contribution in [2.24, 2.45) is 4.99 Å². The Labute approximate surface area is 171 Å². The molecule has 154 valence electrons. The second kappa shape index (κ2) is 8.36. The number of sulfonamides is 1. The summed E-state index contributed by atoms with van der Waals surface area (Å²) in [6.45, 7) is 7.19. The van der Waals surface area contributed by atoms with Gasteiger partial charge in [0.2, 0.25) is 5.91 Å². The molecule has 3 aliphatic heterocycles. The van der Waals surface area contributed by atoms with E-state index in [0.717, 1.165) is 45.7 Å². The van der Waals surface area contributed by atoms with E-state index in [1.165, 1.54) is 0 Å². The second-order valence-corrected chi connectivity index (χ2v) is 8.92. The van der Waals surface area contributed by atoms with E-state index in [-0.39, 0.29) is 29.0 Å². The number of amidine groups is 1. The Hall–Kier alpha value is -1.68. The second-order valence-electron chi connectivity index (χ2n) is 7.27. The van der Waals surface area contributed by atoms with Crippen LogP contribution in [0, 0.1) is 0 Å². The lowest BCUT2D eigenvalue weighted by Crippen LogP contribution is -2.49. The molecule has 1 aromatic carbocycles. The molecule has 0 radical (unpaired) electrons. The highest BCUT2D eigenvalue weighted by atomic mass is 35.5. The van der Waals surface area contributed by atoms with Crippen molar-refractivity contribution in [3.63, 3.8) is 0 Å². The first-order valence-electron chi connectivity index (χ1n) is 9.39. The minimum atomic E-state index is -3.59. The van der Waals surface area contributed by atoms with Gasteiger partial charge in [0, 0.05) is 50.9 Å². The number of nitrogens with one attached hydrogen (secondary N) is 2. The molecule has 0 aliphatic carbocycles. The van der Waals surface area contributed by atoms with Gasteiger partial charge in [-0.15, -0.1) is 12.4 Å². The Bertz CT molecular complexity index is 870. The molecule has 4 rings (SSSR count). The van der Waals surface area contributed by atoms with Crippen molar-refractivity contribution in [2.75, 3.05) is 39.3 Å². The molecular formula is C18H26ClN5O3S. The number of rotatable bonds is 3. The highest BCUT2D eigenvalue weighted by Crippen LogP contribution is 2.23. The van der Waals surface area contributed by atoms with E-state index in [1.807, 2.05) is 4.90 Å². The number of piperazine rings is 1. The molecule has 1 amide bonds. The largest absolute Gasteiger partial charge is 0.339 e. The van der Waals surface area contributed by atoms with Crippen LogP contribution in [0.4, 0.5) is 0 Å². The Morgan fingerprint density at radius 1 is 1.21 bits per heavy atom. The molecule has 0 spiro atoms. The van der Waals surface area contributed by atoms with Gasteiger partial charge < -0.3 is 10.2 Å². The van der Waals surface area contributed by atoms with Gasteiger partial charge >= 0.3 is 0 Å². The number of fused-ring (bicyclic) bond motifs is 1. The molecule has 2 fully saturated rings. The van der Waals surface area contributed by atoms with E-state index in [1.54, 1.807) is 31.2 Å². The van der Waals surface area contributed by atoms with Gasteiger partial charge in [-0.2, -0.15) is 0 Å². The van der Waals surface area contributed by atoms with Crippen LogP contribution in [0.25, 0.3) is 0 Å². The fraction of sp³-hybridized carbons (Fsp3) is 0.556. The van der Waals surface area contributed by atoms with Gasteiger partial charge in [-0.3, -0.25) is 19.4 Å². The first kappa shape index (κ1) is 21.0. The van der Waals surface area contributed by atoms with Crippen LogP contribution in [-0.2, 0) is 14.8 Å². The van der Waals surface area contributed by atoms with Crippen molar-refractivity contribution in [3.8, 4) is 0 Å². The van der Waals surface area contributed by atoms with Crippen molar-refractivity contribution >= 4 is 34.2 Å². The lowest BCUT2D eigenvalue weighted by atomic mass is 10.2. The average molecular weight is 428 g/mol. The van der Waals surface area contributed by atoms with Gasteiger partial charge in [-0.25, -0.2) is 8.42 Å². The highest BCUT2D eigenvalue weighted by Gasteiger charge is 2.34. The van der Waals surface area contributed by atoms with Crippen LogP contribution in [0.2, 0.25) is 0 Å². The number of carbonyl (C=O) groups is 1. The molecule has 0 bridgehead atoms. The van der Waals surface area contributed by atoms with Crippen LogP contribution in [0.1, 0.15) is 18.9 Å². The van der Waals surface area contributed by atoms with Gasteiger partial charge in [-0.1, -0.05) is 12.1 Å². The summed E-state index contributed by atoms with van der Waals surface area (Å²) in [6, 6.07) is 6.47. The number of carbonyl (C=O) groups excluding carboxylic acids is 1. The normalized spacial score (nSPS) is 26.4. The summed E-state index contributed by atoms with van der Waals surface area (Å²) in [5.41, 5.74) is 0.525. The van der Waals surface area contributed by atoms with E-state index in [4.69, 9.17) is 0 Å². The number of hydrogen-bond acceptors (Lipinski definition) is 6. The van der Waals surface area contributed by atoms with E-state index in [2.05, 4.69) is 19.9 Å². The fourth-order valence-corrected chi connectivity index (χ4v) is 5.27. The number of amides is 1. The lowest BCUT2D eigenvalue weighted by Gasteiger charge is -2.32. The van der Waals surface area contributed by atoms with Gasteiger partial charge in [0.25, 0.3) is 10.0 Å². The zero-order valence-electron chi connectivity index (χ0n) is 15.8. The Kier molecular flexibility index (Phi) is 6.28. The third kappa shape index (κ3) is 4.03. The van der Waals surface area contributed by atoms with Gasteiger partial charge in [-0.05, 0) is 25.5 Å². The highest BCUT2D eigenvalue weighted by molar-refractivity contribution is 7.90. The minimum Gasteiger partial charge on any atom is -0.339 e. The summed E-state index contributed by atoms with van der Waals surface area (Å²) in [7, 11) is -3.59. The number of halogens is 1. The zero-order valence-corrected chi connectivity index (χ0v) is 17.4. The van der Waals surface area contributed by atoms with Crippen LogP contribution in [0.3, 0.4) is 0 Å². The predicted octanol–water partition coefficient (Wildman–Crippen LogP) is 0.0415. The SMILES string of the molecule is CC(N=C1NS(=O)(=O)c2ccccc21)C(=O)N1CCC(N2CCNCC2)C1.Cl. The molecule has 2 N–H and O–H groups in total. The first-order valence-corrected chi connectivity index (χ1v) is 10.9. The van der Waals surface area contributed by atoms with Crippen LogP contribution in [0.5, 0.6) is 0 Å². The molecule has 0 saturated carbocycles. The van der Waals surface area contributed by atoms with Crippen molar-refractivity contribution < 1.29 is 13.2 Å². The van der Waals surface area contributed by atoms with Crippen LogP contribution >= 0.6 is 12.4 Å². The standard InChI is InChI=1S/C18H25N5O3S.ClH/c1-13(20-17-15-4-2-3-5-16(15)27(25,26)21-17)18(24)23-9-6-14(12-23)22-10-7-19-8-11-22;/h2-5,13-14,19H,6-12H2,1H3,(H,20,21);1H. The molecule has 2 unspecified atom stereocenters. The number of aliphatic imine (C=N–C) groups is 1. The molecule has 1 aromatic rings. The molecule has 3 heterocycles. The van der Waals surface area contributed by atoms with Gasteiger partial charge in [0.15, 0.2) is 0 Å². The van der Waals surface area contributed by atoms with E-state index >= 15 is 0 Å². The monoisotopic (exact) mass is 427 g/mol. The van der Waals surface area contributed by atoms with E-state index < -0.39 is 16.1 Å². The number of nitrogens with zero attached hydrogens (tertiary/aromatic N) is 3. The van der Waals surface area contributed by atoms with Crippen molar-refractivity contribution in [3.05, 3.63) is 29.8 Å². The smallest absolute Gasteiger partial charge is 0.263 e. The van der Waals surface area contributed by atoms with Crippen molar-refractivity contribution in [1.82, 2.24) is 19.8 Å². The summed E-state index contributed by atoms with van der Waals surface area (Å²) >= 11 is 0. The molecule has 10 heteroatoms. The molecule has 8 nitrogen and oxygen atoms in total. The van der Waals surface area contributed by atoms with E-state index in [9.17, 15) is 13.2 Å². The fourth-order valence-electron chi connectivity index (χ4n) is 4.03. The Morgan fingerprint density at radius 2 is 1.93 bits per heavy atom. The van der Waals surface area contributed by atoms with Crippen LogP contribution in [-0.4, -0.2) is 81.3 Å². The third-order valence-corrected chi connectivity index (χ3v) is 6.88. The minimum absolute atomic E-state index is 0. The van der Waals surface area contributed by atoms with Crippen molar-refractivity contribution in [1.29, 1.82) is 0 Å². The Balaban J connectivity index is 0.00000225. The van der Waals surface area contributed by atoms with Gasteiger partial charge in [0.1, 0.15) is 11.9 Å². The molecule has 0 aromatic heterocycles. The topological polar surface area (TPSA) is 94.1 Å². The Morgan fingerprint density at radius 3 is 2.68 bits per heavy atom. The van der Waals surface area contributed by atoms with Gasteiger partial charge in [0.05, 0.1) is 4.90 Å². The maximum absolute atomic E-state index is 12.8. The summed E-state index contributed by atoms with van der Waals surface area (Å²) < 4.78 is 26.9. The van der Waals surface area contributed by atoms with Crippen molar-refractivity contribution in [2.45, 2.75) is 30.3 Å². The quantitative estimate of drug-likeness (QED) is 0.710. The number of benzene rings is 1. The molecule has 3 aliphatic rings. The lowest BCUT2D eigenvalue weighted by molar-refractivity contribution is -0.131. The van der Waals surface area contributed by atoms with Crippen LogP contribution in [0.15, 0.2) is 34.2 Å².